The minimum atomic E-state index is -3.06. The van der Waals surface area contributed by atoms with Crippen LogP contribution < -0.4 is 15.3 Å². The molecule has 21 heteroatoms. The lowest BCUT2D eigenvalue weighted by Crippen LogP contribution is -2.44. The van der Waals surface area contributed by atoms with Gasteiger partial charge >= 0.3 is 5.97 Å². The SMILES string of the molecule is O=S1(=O)CCNCC1.[C-]#[N+]c1ccc(N2N=C3c4ccc(C(=O)N5CCS(=O)(=O)CC5)nc4CCC3C2C2CCCC2)cc1Cl.[C-]#[N+]c1ccc(N2N=C3c4ccc(C(=O)O)nc4CCC3C2C2CCCC2)cc1Cl. The highest BCUT2D eigenvalue weighted by Gasteiger charge is 2.48. The largest absolute Gasteiger partial charge is 0.477 e. The minimum Gasteiger partial charge on any atom is -0.477 e. The molecule has 4 unspecified atom stereocenters. The van der Waals surface area contributed by atoms with E-state index in [2.05, 4.69) is 30.0 Å². The summed E-state index contributed by atoms with van der Waals surface area (Å²) in [6.45, 7) is 16.2. The van der Waals surface area contributed by atoms with Gasteiger partial charge in [0, 0.05) is 59.2 Å². The van der Waals surface area contributed by atoms with Crippen LogP contribution in [0.5, 0.6) is 0 Å². The molecule has 6 heterocycles. The first-order valence-electron chi connectivity index (χ1n) is 25.9. The summed E-state index contributed by atoms with van der Waals surface area (Å²) in [5, 5.41) is 27.5. The molecule has 17 nitrogen and oxygen atoms in total. The summed E-state index contributed by atoms with van der Waals surface area (Å²) < 4.78 is 44.7. The minimum absolute atomic E-state index is 0.00143. The topological polar surface area (TPSA) is 204 Å². The van der Waals surface area contributed by atoms with Crippen molar-refractivity contribution in [3.8, 4) is 0 Å². The van der Waals surface area contributed by atoms with Crippen molar-refractivity contribution in [2.24, 2.45) is 33.9 Å². The van der Waals surface area contributed by atoms with Crippen molar-refractivity contribution >= 4 is 88.9 Å². The van der Waals surface area contributed by atoms with E-state index < -0.39 is 25.6 Å². The number of amides is 1. The number of halogens is 2. The van der Waals surface area contributed by atoms with Gasteiger partial charge in [-0.3, -0.25) is 14.8 Å². The molecular formula is C54H58Cl2N10O7S2. The van der Waals surface area contributed by atoms with Gasteiger partial charge in [0.2, 0.25) is 11.4 Å². The number of benzene rings is 2. The maximum Gasteiger partial charge on any atom is 0.354 e. The fraction of sp³-hybridized carbons (Fsp3) is 0.481. The summed E-state index contributed by atoms with van der Waals surface area (Å²) in [6, 6.07) is 18.7. The Kier molecular flexibility index (Phi) is 15.4. The Morgan fingerprint density at radius 3 is 1.47 bits per heavy atom. The molecule has 4 atom stereocenters. The molecule has 2 saturated carbocycles. The van der Waals surface area contributed by atoms with E-state index in [0.29, 0.717) is 63.5 Å². The van der Waals surface area contributed by atoms with E-state index >= 15 is 0 Å². The molecule has 0 spiro atoms. The van der Waals surface area contributed by atoms with Crippen LogP contribution in [0.15, 0.2) is 70.9 Å². The van der Waals surface area contributed by atoms with Crippen LogP contribution in [0.1, 0.15) is 108 Å². The number of aryl methyl sites for hydroxylation is 2. The smallest absolute Gasteiger partial charge is 0.354 e. The van der Waals surface area contributed by atoms with E-state index in [1.54, 1.807) is 29.2 Å². The summed E-state index contributed by atoms with van der Waals surface area (Å²) in [4.78, 5) is 42.1. The standard InChI is InChI=1S/C27H28ClN5O3S.C23H21ClN4O2.C4H9NO2S/c1-29-23-9-6-18(16-21(23)28)33-26(17-4-2-3-5-17)20-8-10-22-19(25(20)31-33)7-11-24(30-22)27(34)32-12-14-37(35,36)15-13-32;1-25-19-9-6-14(12-17(19)24)28-22(13-4-2-3-5-13)16-8-10-18-15(21(16)27-28)7-11-20(26-18)23(29)30;6-8(7)3-1-5-2-4-8/h6-7,9,11,16-17,20,26H,2-5,8,10,12-15H2;6-7,9,11-13,16,22H,2-5,8,10H2,(H,29,30);5H,1-4H2. The zero-order valence-electron chi connectivity index (χ0n) is 41.4. The van der Waals surface area contributed by atoms with Gasteiger partial charge in [0.1, 0.15) is 11.4 Å². The van der Waals surface area contributed by atoms with Crippen molar-refractivity contribution in [3.05, 3.63) is 127 Å². The Hall–Kier alpha value is -5.96. The molecule has 2 saturated heterocycles. The number of pyridine rings is 2. The van der Waals surface area contributed by atoms with E-state index in [-0.39, 0.29) is 60.1 Å². The van der Waals surface area contributed by atoms with Crippen LogP contribution in [-0.4, -0.2) is 121 Å². The van der Waals surface area contributed by atoms with Gasteiger partial charge in [0.15, 0.2) is 19.7 Å². The average molecular weight is 1090 g/mol. The molecule has 75 heavy (non-hydrogen) atoms. The van der Waals surface area contributed by atoms with Crippen LogP contribution in [-0.2, 0) is 32.5 Å². The van der Waals surface area contributed by atoms with Crippen molar-refractivity contribution in [2.45, 2.75) is 89.1 Å². The molecule has 8 aliphatic rings. The number of carbonyl (C=O) groups is 2. The molecular weight excluding hydrogens is 1040 g/mol. The molecule has 4 aliphatic carbocycles. The fourth-order valence-electron chi connectivity index (χ4n) is 12.3. The molecule has 4 aliphatic heterocycles. The average Bonchev–Trinajstić information content (AvgIpc) is 4.27. The first-order valence-corrected chi connectivity index (χ1v) is 30.3. The summed E-state index contributed by atoms with van der Waals surface area (Å²) >= 11 is 12.7. The summed E-state index contributed by atoms with van der Waals surface area (Å²) in [5.74, 6) is 1.06. The van der Waals surface area contributed by atoms with Gasteiger partial charge in [0.25, 0.3) is 5.91 Å². The number of carboxylic acid groups (broad SMARTS) is 1. The Morgan fingerprint density at radius 2 is 1.05 bits per heavy atom. The van der Waals surface area contributed by atoms with E-state index in [1.165, 1.54) is 51.4 Å². The van der Waals surface area contributed by atoms with E-state index in [4.69, 9.17) is 51.5 Å². The number of carbonyl (C=O) groups excluding carboxylic acids is 1. The van der Waals surface area contributed by atoms with E-state index in [9.17, 15) is 31.5 Å². The number of anilines is 2. The maximum absolute atomic E-state index is 13.1. The highest BCUT2D eigenvalue weighted by atomic mass is 35.5. The second kappa shape index (κ2) is 21.9. The molecule has 2 aromatic heterocycles. The molecule has 4 aromatic rings. The van der Waals surface area contributed by atoms with Crippen LogP contribution in [0, 0.1) is 36.8 Å². The van der Waals surface area contributed by atoms with Gasteiger partial charge in [-0.1, -0.05) is 61.0 Å². The number of aromatic nitrogens is 2. The van der Waals surface area contributed by atoms with E-state index in [0.717, 1.165) is 71.0 Å². The van der Waals surface area contributed by atoms with Gasteiger partial charge in [-0.05, 0) is 112 Å². The van der Waals surface area contributed by atoms with Gasteiger partial charge in [-0.2, -0.15) is 10.2 Å². The van der Waals surface area contributed by atoms with Crippen LogP contribution in [0.2, 0.25) is 10.0 Å². The number of aromatic carboxylic acids is 1. The summed E-state index contributed by atoms with van der Waals surface area (Å²) in [7, 11) is -5.71. The van der Waals surface area contributed by atoms with Crippen molar-refractivity contribution < 1.29 is 31.5 Å². The number of rotatable bonds is 6. The molecule has 4 fully saturated rings. The van der Waals surface area contributed by atoms with Crippen molar-refractivity contribution in [1.82, 2.24) is 20.2 Å². The predicted molar refractivity (Wildman–Crippen MR) is 290 cm³/mol. The summed E-state index contributed by atoms with van der Waals surface area (Å²) in [5.41, 5.74) is 8.79. The van der Waals surface area contributed by atoms with Crippen molar-refractivity contribution in [3.63, 3.8) is 0 Å². The van der Waals surface area contributed by atoms with Crippen LogP contribution in [0.25, 0.3) is 9.69 Å². The molecule has 2 N–H and O–H groups in total. The number of nitrogens with zero attached hydrogens (tertiary/aromatic N) is 9. The van der Waals surface area contributed by atoms with Crippen molar-refractivity contribution in [1.29, 1.82) is 0 Å². The van der Waals surface area contributed by atoms with Gasteiger partial charge in [0.05, 0.1) is 82.4 Å². The molecule has 2 aromatic carbocycles. The molecule has 0 bridgehead atoms. The fourth-order valence-corrected chi connectivity index (χ4v) is 15.1. The van der Waals surface area contributed by atoms with Crippen LogP contribution in [0.4, 0.5) is 22.7 Å². The molecule has 12 rings (SSSR count). The number of hydrogen-bond acceptors (Lipinski definition) is 13. The summed E-state index contributed by atoms with van der Waals surface area (Å²) in [6.07, 6.45) is 13.0. The highest BCUT2D eigenvalue weighted by Crippen LogP contribution is 2.47. The Balaban J connectivity index is 0.000000151. The predicted octanol–water partition coefficient (Wildman–Crippen LogP) is 8.84. The molecule has 0 radical (unpaired) electrons. The lowest BCUT2D eigenvalue weighted by molar-refractivity contribution is 0.0689. The molecule has 392 valence electrons. The lowest BCUT2D eigenvalue weighted by Gasteiger charge is -2.34. The number of nitrogens with one attached hydrogen (secondary N) is 1. The zero-order valence-corrected chi connectivity index (χ0v) is 44.5. The Morgan fingerprint density at radius 1 is 0.613 bits per heavy atom. The third kappa shape index (κ3) is 11.0. The molecule has 1 amide bonds. The number of fused-ring (bicyclic) bond motifs is 6. The first-order chi connectivity index (χ1) is 36.1. The van der Waals surface area contributed by atoms with Crippen molar-refractivity contribution in [2.75, 3.05) is 59.2 Å². The monoisotopic (exact) mass is 1090 g/mol. The number of carboxylic acids is 1. The van der Waals surface area contributed by atoms with Gasteiger partial charge in [-0.15, -0.1) is 0 Å². The van der Waals surface area contributed by atoms with E-state index in [1.807, 2.05) is 36.4 Å². The van der Waals surface area contributed by atoms with Gasteiger partial charge < -0.3 is 15.3 Å². The number of hydrogen-bond donors (Lipinski definition) is 2. The van der Waals surface area contributed by atoms with Crippen LogP contribution >= 0.6 is 23.2 Å². The zero-order chi connectivity index (χ0) is 52.6. The Bertz CT molecular complexity index is 3270. The quantitative estimate of drug-likeness (QED) is 0.174. The number of sulfone groups is 2. The lowest BCUT2D eigenvalue weighted by atomic mass is 9.76. The second-order valence-corrected chi connectivity index (χ2v) is 26.0. The second-order valence-electron chi connectivity index (χ2n) is 20.5. The maximum atomic E-state index is 13.1. The Labute approximate surface area is 447 Å². The first kappa shape index (κ1) is 52.5. The number of hydrazone groups is 2. The van der Waals surface area contributed by atoms with Gasteiger partial charge in [-0.25, -0.2) is 41.3 Å². The van der Waals surface area contributed by atoms with Crippen LogP contribution in [0.3, 0.4) is 0 Å². The normalized spacial score (nSPS) is 24.3. The third-order valence-corrected chi connectivity index (χ3v) is 19.9. The third-order valence-electron chi connectivity index (χ3n) is 16.1. The highest BCUT2D eigenvalue weighted by molar-refractivity contribution is 7.91.